The minimum Gasteiger partial charge on any atom is -0.494 e. The predicted molar refractivity (Wildman–Crippen MR) is 59.0 cm³/mol. The van der Waals surface area contributed by atoms with Gasteiger partial charge in [-0.25, -0.2) is 9.97 Å². The first-order valence-electron chi connectivity index (χ1n) is 5.32. The quantitative estimate of drug-likeness (QED) is 0.821. The van der Waals surface area contributed by atoms with Crippen molar-refractivity contribution in [1.82, 2.24) is 9.97 Å². The lowest BCUT2D eigenvalue weighted by molar-refractivity contribution is 0.179. The van der Waals surface area contributed by atoms with Gasteiger partial charge in [-0.2, -0.15) is 0 Å². The van der Waals surface area contributed by atoms with E-state index in [0.29, 0.717) is 17.1 Å². The van der Waals surface area contributed by atoms with Crippen LogP contribution in [-0.4, -0.2) is 23.6 Å². The average molecular weight is 207 g/mol. The van der Waals surface area contributed by atoms with E-state index in [1.165, 1.54) is 19.3 Å². The molecule has 0 unspecified atom stereocenters. The van der Waals surface area contributed by atoms with Crippen LogP contribution in [0, 0.1) is 5.41 Å². The Hall–Kier alpha value is -1.32. The van der Waals surface area contributed by atoms with Crippen LogP contribution in [0.3, 0.4) is 0 Å². The summed E-state index contributed by atoms with van der Waals surface area (Å²) in [4.78, 5) is 8.33. The standard InChI is InChI=1S/C11H17N3O/c1-11(4-3-5-11)8-14-10-12-6-9(15-2)7-13-10/h6-7H,3-5,8H2,1-2H3,(H,12,13,14). The molecule has 1 heterocycles. The van der Waals surface area contributed by atoms with Crippen molar-refractivity contribution in [2.45, 2.75) is 26.2 Å². The molecule has 0 saturated heterocycles. The molecule has 1 aliphatic rings. The molecule has 1 N–H and O–H groups in total. The number of methoxy groups -OCH3 is 1. The number of anilines is 1. The molecule has 0 spiro atoms. The molecule has 0 aromatic carbocycles. The Bertz CT molecular complexity index is 319. The molecule has 1 aromatic rings. The number of hydrogen-bond donors (Lipinski definition) is 1. The van der Waals surface area contributed by atoms with Gasteiger partial charge in [0.15, 0.2) is 5.75 Å². The maximum Gasteiger partial charge on any atom is 0.222 e. The van der Waals surface area contributed by atoms with E-state index in [1.54, 1.807) is 19.5 Å². The summed E-state index contributed by atoms with van der Waals surface area (Å²) in [5.41, 5.74) is 0.448. The van der Waals surface area contributed by atoms with Crippen LogP contribution in [0.15, 0.2) is 12.4 Å². The zero-order valence-corrected chi connectivity index (χ0v) is 9.29. The van der Waals surface area contributed by atoms with E-state index in [2.05, 4.69) is 22.2 Å². The second-order valence-electron chi connectivity index (χ2n) is 4.46. The lowest BCUT2D eigenvalue weighted by Crippen LogP contribution is -2.33. The van der Waals surface area contributed by atoms with Gasteiger partial charge in [0.1, 0.15) is 0 Å². The smallest absolute Gasteiger partial charge is 0.222 e. The van der Waals surface area contributed by atoms with Crippen LogP contribution in [0.1, 0.15) is 26.2 Å². The van der Waals surface area contributed by atoms with Crippen LogP contribution in [0.5, 0.6) is 5.75 Å². The summed E-state index contributed by atoms with van der Waals surface area (Å²) in [6.07, 6.45) is 7.31. The number of nitrogens with one attached hydrogen (secondary N) is 1. The fourth-order valence-electron chi connectivity index (χ4n) is 1.76. The third-order valence-corrected chi connectivity index (χ3v) is 3.10. The minimum absolute atomic E-state index is 0.448. The van der Waals surface area contributed by atoms with E-state index in [9.17, 15) is 0 Å². The number of nitrogens with zero attached hydrogens (tertiary/aromatic N) is 2. The van der Waals surface area contributed by atoms with Crippen molar-refractivity contribution in [3.8, 4) is 5.75 Å². The fourth-order valence-corrected chi connectivity index (χ4v) is 1.76. The third-order valence-electron chi connectivity index (χ3n) is 3.10. The molecule has 1 aromatic heterocycles. The van der Waals surface area contributed by atoms with E-state index in [1.807, 2.05) is 0 Å². The molecule has 15 heavy (non-hydrogen) atoms. The van der Waals surface area contributed by atoms with E-state index < -0.39 is 0 Å². The molecule has 2 rings (SSSR count). The van der Waals surface area contributed by atoms with Crippen molar-refractivity contribution in [2.75, 3.05) is 19.0 Å². The van der Waals surface area contributed by atoms with Crippen LogP contribution in [0.4, 0.5) is 5.95 Å². The highest BCUT2D eigenvalue weighted by atomic mass is 16.5. The minimum atomic E-state index is 0.448. The molecule has 0 bridgehead atoms. The van der Waals surface area contributed by atoms with Crippen molar-refractivity contribution >= 4 is 5.95 Å². The lowest BCUT2D eigenvalue weighted by atomic mass is 9.70. The van der Waals surface area contributed by atoms with Crippen molar-refractivity contribution in [3.05, 3.63) is 12.4 Å². The van der Waals surface area contributed by atoms with E-state index in [-0.39, 0.29) is 0 Å². The van der Waals surface area contributed by atoms with Crippen molar-refractivity contribution < 1.29 is 4.74 Å². The molecular weight excluding hydrogens is 190 g/mol. The largest absolute Gasteiger partial charge is 0.494 e. The monoisotopic (exact) mass is 207 g/mol. The highest BCUT2D eigenvalue weighted by Gasteiger charge is 2.31. The van der Waals surface area contributed by atoms with Gasteiger partial charge in [-0.05, 0) is 18.3 Å². The maximum absolute atomic E-state index is 4.99. The van der Waals surface area contributed by atoms with Gasteiger partial charge in [-0.3, -0.25) is 0 Å². The summed E-state index contributed by atoms with van der Waals surface area (Å²) in [6, 6.07) is 0. The van der Waals surface area contributed by atoms with E-state index in [0.717, 1.165) is 6.54 Å². The van der Waals surface area contributed by atoms with Crippen LogP contribution in [0.2, 0.25) is 0 Å². The SMILES string of the molecule is COc1cnc(NCC2(C)CCC2)nc1. The lowest BCUT2D eigenvalue weighted by Gasteiger charge is -2.38. The van der Waals surface area contributed by atoms with Gasteiger partial charge in [0.2, 0.25) is 5.95 Å². The number of rotatable bonds is 4. The molecule has 0 aliphatic heterocycles. The fraction of sp³-hybridized carbons (Fsp3) is 0.636. The second-order valence-corrected chi connectivity index (χ2v) is 4.46. The Morgan fingerprint density at radius 1 is 1.40 bits per heavy atom. The number of hydrogen-bond acceptors (Lipinski definition) is 4. The Morgan fingerprint density at radius 2 is 2.07 bits per heavy atom. The molecule has 0 amide bonds. The molecule has 4 heteroatoms. The predicted octanol–water partition coefficient (Wildman–Crippen LogP) is 2.09. The van der Waals surface area contributed by atoms with Crippen molar-refractivity contribution in [2.24, 2.45) is 5.41 Å². The maximum atomic E-state index is 4.99. The molecule has 0 atom stereocenters. The summed E-state index contributed by atoms with van der Waals surface area (Å²) >= 11 is 0. The van der Waals surface area contributed by atoms with Gasteiger partial charge in [-0.15, -0.1) is 0 Å². The molecule has 4 nitrogen and oxygen atoms in total. The highest BCUT2D eigenvalue weighted by molar-refractivity contribution is 5.27. The molecule has 0 radical (unpaired) electrons. The first-order chi connectivity index (χ1) is 7.22. The summed E-state index contributed by atoms with van der Waals surface area (Å²) in [6.45, 7) is 3.26. The Kier molecular flexibility index (Phi) is 2.75. The van der Waals surface area contributed by atoms with Crippen molar-refractivity contribution in [1.29, 1.82) is 0 Å². The number of ether oxygens (including phenoxy) is 1. The Morgan fingerprint density at radius 3 is 2.53 bits per heavy atom. The van der Waals surface area contributed by atoms with Gasteiger partial charge in [0.25, 0.3) is 0 Å². The van der Waals surface area contributed by atoms with Gasteiger partial charge in [0, 0.05) is 6.54 Å². The summed E-state index contributed by atoms with van der Waals surface area (Å²) in [5, 5.41) is 3.26. The zero-order chi connectivity index (χ0) is 10.7. The van der Waals surface area contributed by atoms with Crippen LogP contribution >= 0.6 is 0 Å². The Labute approximate surface area is 90.1 Å². The molecule has 1 fully saturated rings. The summed E-state index contributed by atoms with van der Waals surface area (Å²) < 4.78 is 4.99. The van der Waals surface area contributed by atoms with E-state index >= 15 is 0 Å². The molecular formula is C11H17N3O. The summed E-state index contributed by atoms with van der Waals surface area (Å²) in [5.74, 6) is 1.37. The van der Waals surface area contributed by atoms with Crippen LogP contribution < -0.4 is 10.1 Å². The first kappa shape index (κ1) is 10.2. The van der Waals surface area contributed by atoms with Gasteiger partial charge < -0.3 is 10.1 Å². The average Bonchev–Trinajstić information content (AvgIpc) is 2.24. The summed E-state index contributed by atoms with van der Waals surface area (Å²) in [7, 11) is 1.61. The van der Waals surface area contributed by atoms with Crippen LogP contribution in [0.25, 0.3) is 0 Å². The Balaban J connectivity index is 1.87. The van der Waals surface area contributed by atoms with Crippen LogP contribution in [-0.2, 0) is 0 Å². The second kappa shape index (κ2) is 4.04. The molecule has 1 saturated carbocycles. The topological polar surface area (TPSA) is 47.0 Å². The normalized spacial score (nSPS) is 18.0. The van der Waals surface area contributed by atoms with Gasteiger partial charge >= 0.3 is 0 Å². The number of aromatic nitrogens is 2. The van der Waals surface area contributed by atoms with Gasteiger partial charge in [0.05, 0.1) is 19.5 Å². The third kappa shape index (κ3) is 2.37. The highest BCUT2D eigenvalue weighted by Crippen LogP contribution is 2.39. The van der Waals surface area contributed by atoms with Gasteiger partial charge in [-0.1, -0.05) is 13.3 Å². The molecule has 1 aliphatic carbocycles. The van der Waals surface area contributed by atoms with E-state index in [4.69, 9.17) is 4.74 Å². The van der Waals surface area contributed by atoms with Crippen molar-refractivity contribution in [3.63, 3.8) is 0 Å². The first-order valence-corrected chi connectivity index (χ1v) is 5.32. The zero-order valence-electron chi connectivity index (χ0n) is 9.29. The molecule has 82 valence electrons.